The van der Waals surface area contributed by atoms with E-state index in [0.29, 0.717) is 42.5 Å². The zero-order valence-electron chi connectivity index (χ0n) is 14.0. The van der Waals surface area contributed by atoms with Gasteiger partial charge in [-0.2, -0.15) is 0 Å². The second-order valence-corrected chi connectivity index (χ2v) is 8.10. The lowest BCUT2D eigenvalue weighted by Gasteiger charge is -2.27. The molecule has 8 heteroatoms. The standard InChI is InChI=1S/C18H19ClN2O4S/c19-15-5-3-4-14(12-15)13-26(23,24)20-17-7-2-1-6-16(17)18(22)21-8-10-25-11-9-21/h1-7,12,20H,8-11,13H2. The molecule has 26 heavy (non-hydrogen) atoms. The summed E-state index contributed by atoms with van der Waals surface area (Å²) in [5, 5.41) is 0.473. The number of carbonyl (C=O) groups excluding carboxylic acids is 1. The summed E-state index contributed by atoms with van der Waals surface area (Å²) in [6.07, 6.45) is 0. The number of rotatable bonds is 5. The summed E-state index contributed by atoms with van der Waals surface area (Å²) in [7, 11) is -3.70. The van der Waals surface area contributed by atoms with Crippen LogP contribution in [0.15, 0.2) is 48.5 Å². The molecule has 1 fully saturated rings. The lowest BCUT2D eigenvalue weighted by atomic mass is 10.1. The molecule has 6 nitrogen and oxygen atoms in total. The molecule has 2 aromatic rings. The maximum absolute atomic E-state index is 12.7. The predicted molar refractivity (Wildman–Crippen MR) is 101 cm³/mol. The second kappa shape index (κ2) is 8.07. The molecule has 1 heterocycles. The summed E-state index contributed by atoms with van der Waals surface area (Å²) in [5.41, 5.74) is 1.16. The Labute approximate surface area is 157 Å². The van der Waals surface area contributed by atoms with E-state index in [1.165, 1.54) is 0 Å². The Bertz CT molecular complexity index is 896. The average Bonchev–Trinajstić information content (AvgIpc) is 2.61. The van der Waals surface area contributed by atoms with Crippen LogP contribution < -0.4 is 4.72 Å². The Balaban J connectivity index is 1.80. The van der Waals surface area contributed by atoms with Crippen molar-refractivity contribution < 1.29 is 17.9 Å². The summed E-state index contributed by atoms with van der Waals surface area (Å²) in [6.45, 7) is 1.94. The third-order valence-corrected chi connectivity index (χ3v) is 5.45. The van der Waals surface area contributed by atoms with Gasteiger partial charge in [0.1, 0.15) is 0 Å². The number of anilines is 1. The van der Waals surface area contributed by atoms with Crippen LogP contribution in [0.25, 0.3) is 0 Å². The number of morpholine rings is 1. The number of amides is 1. The van der Waals surface area contributed by atoms with Crippen molar-refractivity contribution in [3.63, 3.8) is 0 Å². The van der Waals surface area contributed by atoms with Gasteiger partial charge in [-0.1, -0.05) is 35.9 Å². The molecule has 0 radical (unpaired) electrons. The summed E-state index contributed by atoms with van der Waals surface area (Å²) < 4.78 is 32.8. The monoisotopic (exact) mass is 394 g/mol. The smallest absolute Gasteiger partial charge is 0.256 e. The normalized spacial score (nSPS) is 14.9. The molecule has 0 atom stereocenters. The van der Waals surface area contributed by atoms with Crippen molar-refractivity contribution in [2.45, 2.75) is 5.75 Å². The number of para-hydroxylation sites is 1. The van der Waals surface area contributed by atoms with E-state index in [2.05, 4.69) is 4.72 Å². The molecule has 0 spiro atoms. The van der Waals surface area contributed by atoms with Gasteiger partial charge < -0.3 is 9.64 Å². The van der Waals surface area contributed by atoms with Crippen molar-refractivity contribution in [3.05, 3.63) is 64.7 Å². The molecule has 0 saturated carbocycles. The van der Waals surface area contributed by atoms with Gasteiger partial charge in [0.2, 0.25) is 10.0 Å². The highest BCUT2D eigenvalue weighted by Gasteiger charge is 2.22. The van der Waals surface area contributed by atoms with Crippen LogP contribution in [0.2, 0.25) is 5.02 Å². The highest BCUT2D eigenvalue weighted by atomic mass is 35.5. The summed E-state index contributed by atoms with van der Waals surface area (Å²) in [6, 6.07) is 13.3. The maximum Gasteiger partial charge on any atom is 0.256 e. The zero-order chi connectivity index (χ0) is 18.6. The molecule has 0 unspecified atom stereocenters. The fourth-order valence-corrected chi connectivity index (χ4v) is 4.16. The average molecular weight is 395 g/mol. The van der Waals surface area contributed by atoms with Crippen molar-refractivity contribution in [2.24, 2.45) is 0 Å². The SMILES string of the molecule is O=C(c1ccccc1NS(=O)(=O)Cc1cccc(Cl)c1)N1CCOCC1. The Kier molecular flexibility index (Phi) is 5.80. The van der Waals surface area contributed by atoms with Crippen LogP contribution in [0.4, 0.5) is 5.69 Å². The first kappa shape index (κ1) is 18.7. The van der Waals surface area contributed by atoms with E-state index in [0.717, 1.165) is 0 Å². The van der Waals surface area contributed by atoms with Crippen molar-refractivity contribution in [2.75, 3.05) is 31.0 Å². The van der Waals surface area contributed by atoms with Crippen molar-refractivity contribution in [1.82, 2.24) is 4.90 Å². The first-order valence-corrected chi connectivity index (χ1v) is 10.2. The molecule has 2 aromatic carbocycles. The Morgan fingerprint density at radius 1 is 1.12 bits per heavy atom. The quantitative estimate of drug-likeness (QED) is 0.846. The van der Waals surface area contributed by atoms with E-state index < -0.39 is 10.0 Å². The molecular weight excluding hydrogens is 376 g/mol. The third-order valence-electron chi connectivity index (χ3n) is 3.97. The fraction of sp³-hybridized carbons (Fsp3) is 0.278. The van der Waals surface area contributed by atoms with E-state index in [9.17, 15) is 13.2 Å². The number of sulfonamides is 1. The van der Waals surface area contributed by atoms with Gasteiger partial charge in [0.25, 0.3) is 5.91 Å². The van der Waals surface area contributed by atoms with Crippen LogP contribution in [0.1, 0.15) is 15.9 Å². The topological polar surface area (TPSA) is 75.7 Å². The molecule has 0 aromatic heterocycles. The minimum absolute atomic E-state index is 0.214. The van der Waals surface area contributed by atoms with Gasteiger partial charge in [0, 0.05) is 18.1 Å². The van der Waals surface area contributed by atoms with Gasteiger partial charge in [0.05, 0.1) is 30.2 Å². The molecule has 138 valence electrons. The lowest BCUT2D eigenvalue weighted by molar-refractivity contribution is 0.0303. The zero-order valence-corrected chi connectivity index (χ0v) is 15.6. The molecule has 1 amide bonds. The summed E-state index contributed by atoms with van der Waals surface area (Å²) in [5.74, 6) is -0.442. The van der Waals surface area contributed by atoms with Crippen LogP contribution >= 0.6 is 11.6 Å². The maximum atomic E-state index is 12.7. The number of carbonyl (C=O) groups is 1. The Morgan fingerprint density at radius 2 is 1.85 bits per heavy atom. The van der Waals surface area contributed by atoms with E-state index in [1.54, 1.807) is 53.4 Å². The van der Waals surface area contributed by atoms with Gasteiger partial charge in [-0.15, -0.1) is 0 Å². The predicted octanol–water partition coefficient (Wildman–Crippen LogP) is 2.75. The molecular formula is C18H19ClN2O4S. The van der Waals surface area contributed by atoms with E-state index in [-0.39, 0.29) is 17.3 Å². The first-order valence-electron chi connectivity index (χ1n) is 8.15. The molecule has 3 rings (SSSR count). The number of nitrogens with zero attached hydrogens (tertiary/aromatic N) is 1. The summed E-state index contributed by atoms with van der Waals surface area (Å²) >= 11 is 5.91. The number of hydrogen-bond donors (Lipinski definition) is 1. The third kappa shape index (κ3) is 4.75. The molecule has 0 bridgehead atoms. The molecule has 0 aliphatic carbocycles. The van der Waals surface area contributed by atoms with Crippen LogP contribution in [0.5, 0.6) is 0 Å². The van der Waals surface area contributed by atoms with Gasteiger partial charge in [-0.05, 0) is 29.8 Å². The first-order chi connectivity index (χ1) is 12.4. The van der Waals surface area contributed by atoms with Gasteiger partial charge in [0.15, 0.2) is 0 Å². The number of hydrogen-bond acceptors (Lipinski definition) is 4. The highest BCUT2D eigenvalue weighted by Crippen LogP contribution is 2.21. The van der Waals surface area contributed by atoms with Crippen molar-refractivity contribution in [1.29, 1.82) is 0 Å². The van der Waals surface area contributed by atoms with E-state index >= 15 is 0 Å². The number of halogens is 1. The van der Waals surface area contributed by atoms with Crippen molar-refractivity contribution >= 4 is 33.2 Å². The lowest BCUT2D eigenvalue weighted by Crippen LogP contribution is -2.41. The van der Waals surface area contributed by atoms with Crippen molar-refractivity contribution in [3.8, 4) is 0 Å². The molecule has 1 aliphatic heterocycles. The van der Waals surface area contributed by atoms with Gasteiger partial charge in [-0.25, -0.2) is 8.42 Å². The highest BCUT2D eigenvalue weighted by molar-refractivity contribution is 7.91. The molecule has 1 saturated heterocycles. The van der Waals surface area contributed by atoms with E-state index in [1.807, 2.05) is 0 Å². The second-order valence-electron chi connectivity index (χ2n) is 5.94. The Morgan fingerprint density at radius 3 is 2.58 bits per heavy atom. The van der Waals surface area contributed by atoms with Crippen LogP contribution in [0.3, 0.4) is 0 Å². The molecule has 1 N–H and O–H groups in total. The fourth-order valence-electron chi connectivity index (χ4n) is 2.75. The number of ether oxygens (including phenoxy) is 1. The minimum atomic E-state index is -3.70. The summed E-state index contributed by atoms with van der Waals surface area (Å²) in [4.78, 5) is 14.4. The van der Waals surface area contributed by atoms with Crippen LogP contribution in [-0.4, -0.2) is 45.5 Å². The van der Waals surface area contributed by atoms with Crippen LogP contribution in [-0.2, 0) is 20.5 Å². The van der Waals surface area contributed by atoms with E-state index in [4.69, 9.17) is 16.3 Å². The number of benzene rings is 2. The minimum Gasteiger partial charge on any atom is -0.378 e. The Hall–Kier alpha value is -2.09. The van der Waals surface area contributed by atoms with Crippen LogP contribution in [0, 0.1) is 0 Å². The van der Waals surface area contributed by atoms with Gasteiger partial charge >= 0.3 is 0 Å². The van der Waals surface area contributed by atoms with Gasteiger partial charge in [-0.3, -0.25) is 9.52 Å². The number of nitrogens with one attached hydrogen (secondary N) is 1. The largest absolute Gasteiger partial charge is 0.378 e. The molecule has 1 aliphatic rings.